The van der Waals surface area contributed by atoms with Crippen LogP contribution in [-0.4, -0.2) is 24.1 Å². The minimum absolute atomic E-state index is 0.354. The van der Waals surface area contributed by atoms with Crippen LogP contribution in [0.2, 0.25) is 0 Å². The van der Waals surface area contributed by atoms with Crippen molar-refractivity contribution in [1.29, 1.82) is 0 Å². The first-order valence-corrected chi connectivity index (χ1v) is 2.73. The van der Waals surface area contributed by atoms with Crippen LogP contribution in [0.4, 0.5) is 0 Å². The molecule has 1 aliphatic heterocycles. The van der Waals surface area contributed by atoms with Gasteiger partial charge in [-0.2, -0.15) is 0 Å². The van der Waals surface area contributed by atoms with Crippen LogP contribution < -0.4 is 11.1 Å². The molecule has 0 aliphatic carbocycles. The monoisotopic (exact) mass is 127 g/mol. The normalized spacial score (nSPS) is 26.3. The summed E-state index contributed by atoms with van der Waals surface area (Å²) in [6, 6.07) is 0. The van der Waals surface area contributed by atoms with Crippen molar-refractivity contribution in [2.75, 3.05) is 6.54 Å². The number of nitrogens with zero attached hydrogens (tertiary/aromatic N) is 1. The number of hydrogen-bond donors (Lipinski definition) is 2. The van der Waals surface area contributed by atoms with Crippen LogP contribution in [0.15, 0.2) is 12.3 Å². The van der Waals surface area contributed by atoms with Crippen LogP contribution in [0, 0.1) is 0 Å². The van der Waals surface area contributed by atoms with Crippen molar-refractivity contribution in [2.24, 2.45) is 5.73 Å². The molecule has 0 spiro atoms. The third kappa shape index (κ3) is 1.28. The first kappa shape index (κ1) is 6.25. The Morgan fingerprint density at radius 1 is 1.89 bits per heavy atom. The lowest BCUT2D eigenvalue weighted by Gasteiger charge is -2.24. The van der Waals surface area contributed by atoms with Crippen LogP contribution in [0.1, 0.15) is 0 Å². The number of amides is 1. The predicted molar refractivity (Wildman–Crippen MR) is 33.0 cm³/mol. The van der Waals surface area contributed by atoms with E-state index in [0.29, 0.717) is 6.41 Å². The van der Waals surface area contributed by atoms with Gasteiger partial charge in [0.25, 0.3) is 0 Å². The second-order valence-corrected chi connectivity index (χ2v) is 1.79. The number of carbonyl (C=O) groups is 1. The molecule has 1 heterocycles. The third-order valence-electron chi connectivity index (χ3n) is 1.17. The van der Waals surface area contributed by atoms with E-state index >= 15 is 0 Å². The Morgan fingerprint density at radius 2 is 2.67 bits per heavy atom. The highest BCUT2D eigenvalue weighted by Gasteiger charge is 2.09. The fourth-order valence-corrected chi connectivity index (χ4v) is 0.662. The molecule has 50 valence electrons. The molecule has 0 saturated heterocycles. The lowest BCUT2D eigenvalue weighted by atomic mass is 10.5. The van der Waals surface area contributed by atoms with E-state index in [9.17, 15) is 4.79 Å². The van der Waals surface area contributed by atoms with E-state index in [4.69, 9.17) is 5.73 Å². The zero-order valence-electron chi connectivity index (χ0n) is 4.95. The molecule has 0 aromatic rings. The smallest absolute Gasteiger partial charge is 0.216 e. The van der Waals surface area contributed by atoms with Gasteiger partial charge in [0.15, 0.2) is 0 Å². The molecule has 1 amide bonds. The maximum atomic E-state index is 10.1. The summed E-state index contributed by atoms with van der Waals surface area (Å²) in [6.07, 6.45) is 3.83. The topological polar surface area (TPSA) is 58.4 Å². The van der Waals surface area contributed by atoms with Gasteiger partial charge in [0.2, 0.25) is 6.41 Å². The van der Waals surface area contributed by atoms with E-state index < -0.39 is 0 Å². The van der Waals surface area contributed by atoms with Gasteiger partial charge in [-0.3, -0.25) is 20.7 Å². The summed E-state index contributed by atoms with van der Waals surface area (Å²) in [6.45, 7) is 0.728. The first-order valence-electron chi connectivity index (χ1n) is 2.73. The molecule has 1 atom stereocenters. The zero-order chi connectivity index (χ0) is 6.69. The Kier molecular flexibility index (Phi) is 1.81. The van der Waals surface area contributed by atoms with Gasteiger partial charge in [0.1, 0.15) is 6.29 Å². The number of hydrogen-bond acceptors (Lipinski definition) is 3. The summed E-state index contributed by atoms with van der Waals surface area (Å²) in [5, 5.41) is 2.87. The van der Waals surface area contributed by atoms with Crippen molar-refractivity contribution >= 4 is 6.41 Å². The van der Waals surface area contributed by atoms with Crippen molar-refractivity contribution in [3.8, 4) is 0 Å². The van der Waals surface area contributed by atoms with Gasteiger partial charge in [-0.15, -0.1) is 0 Å². The first-order chi connectivity index (χ1) is 4.34. The molecule has 0 aromatic carbocycles. The molecule has 3 N–H and O–H groups in total. The van der Waals surface area contributed by atoms with Crippen molar-refractivity contribution in [2.45, 2.75) is 6.29 Å². The van der Waals surface area contributed by atoms with Gasteiger partial charge in [-0.25, -0.2) is 0 Å². The maximum Gasteiger partial charge on any atom is 0.216 e. The van der Waals surface area contributed by atoms with Gasteiger partial charge in [-0.1, -0.05) is 6.08 Å². The second-order valence-electron chi connectivity index (χ2n) is 1.79. The minimum atomic E-state index is -0.354. The summed E-state index contributed by atoms with van der Waals surface area (Å²) < 4.78 is 0. The molecule has 0 aromatic heterocycles. The van der Waals surface area contributed by atoms with Gasteiger partial charge in [-0.05, 0) is 0 Å². The Hall–Kier alpha value is -0.870. The van der Waals surface area contributed by atoms with Gasteiger partial charge >= 0.3 is 0 Å². The molecule has 0 saturated carbocycles. The minimum Gasteiger partial charge on any atom is -0.298 e. The van der Waals surface area contributed by atoms with Crippen LogP contribution >= 0.6 is 0 Å². The van der Waals surface area contributed by atoms with Crippen molar-refractivity contribution in [3.05, 3.63) is 12.3 Å². The highest BCUT2D eigenvalue weighted by molar-refractivity contribution is 5.49. The largest absolute Gasteiger partial charge is 0.298 e. The van der Waals surface area contributed by atoms with E-state index in [-0.39, 0.29) is 6.29 Å². The van der Waals surface area contributed by atoms with Gasteiger partial charge in [0, 0.05) is 12.7 Å². The molecule has 1 aliphatic rings. The Morgan fingerprint density at radius 3 is 3.11 bits per heavy atom. The summed E-state index contributed by atoms with van der Waals surface area (Å²) >= 11 is 0. The molecule has 1 rings (SSSR count). The summed E-state index contributed by atoms with van der Waals surface area (Å²) in [5.41, 5.74) is 5.42. The highest BCUT2D eigenvalue weighted by atomic mass is 16.1. The van der Waals surface area contributed by atoms with Gasteiger partial charge < -0.3 is 0 Å². The highest BCUT2D eigenvalue weighted by Crippen LogP contribution is 1.91. The van der Waals surface area contributed by atoms with E-state index in [1.165, 1.54) is 4.90 Å². The Bertz CT molecular complexity index is 134. The Labute approximate surface area is 53.3 Å². The van der Waals surface area contributed by atoms with E-state index in [2.05, 4.69) is 5.32 Å². The molecular formula is C5H9N3O. The second kappa shape index (κ2) is 2.61. The fourth-order valence-electron chi connectivity index (χ4n) is 0.662. The average molecular weight is 127 g/mol. The average Bonchev–Trinajstić information content (AvgIpc) is 1.89. The van der Waals surface area contributed by atoms with E-state index in [1.807, 2.05) is 6.08 Å². The summed E-state index contributed by atoms with van der Waals surface area (Å²) in [5.74, 6) is 0. The SMILES string of the molecule is NC1NCC=CN1C=O. The van der Waals surface area contributed by atoms with Crippen LogP contribution in [0.25, 0.3) is 0 Å². The molecule has 0 fully saturated rings. The predicted octanol–water partition coefficient (Wildman–Crippen LogP) is -1.20. The maximum absolute atomic E-state index is 10.1. The van der Waals surface area contributed by atoms with Crippen LogP contribution in [-0.2, 0) is 4.79 Å². The molecule has 1 unspecified atom stereocenters. The van der Waals surface area contributed by atoms with E-state index in [0.717, 1.165) is 6.54 Å². The molecule has 4 nitrogen and oxygen atoms in total. The summed E-state index contributed by atoms with van der Waals surface area (Å²) in [7, 11) is 0. The number of carbonyl (C=O) groups excluding carboxylic acids is 1. The van der Waals surface area contributed by atoms with E-state index in [1.54, 1.807) is 6.20 Å². The fraction of sp³-hybridized carbons (Fsp3) is 0.400. The molecular weight excluding hydrogens is 118 g/mol. The van der Waals surface area contributed by atoms with Crippen molar-refractivity contribution in [3.63, 3.8) is 0 Å². The summed E-state index contributed by atoms with van der Waals surface area (Å²) in [4.78, 5) is 11.5. The lowest BCUT2D eigenvalue weighted by Crippen LogP contribution is -2.51. The third-order valence-corrected chi connectivity index (χ3v) is 1.17. The van der Waals surface area contributed by atoms with Crippen molar-refractivity contribution < 1.29 is 4.79 Å². The number of nitrogens with two attached hydrogens (primary N) is 1. The number of rotatable bonds is 1. The lowest BCUT2D eigenvalue weighted by molar-refractivity contribution is -0.118. The molecule has 0 radical (unpaired) electrons. The van der Waals surface area contributed by atoms with Gasteiger partial charge in [0.05, 0.1) is 0 Å². The molecule has 4 heteroatoms. The van der Waals surface area contributed by atoms with Crippen molar-refractivity contribution in [1.82, 2.24) is 10.2 Å². The number of nitrogens with one attached hydrogen (secondary N) is 1. The molecule has 0 bridgehead atoms. The Balaban J connectivity index is 2.56. The van der Waals surface area contributed by atoms with Crippen LogP contribution in [0.5, 0.6) is 0 Å². The standard InChI is InChI=1S/C5H9N3O/c6-5-7-2-1-3-8(5)4-9/h1,3-5,7H,2,6H2. The molecule has 9 heavy (non-hydrogen) atoms. The quantitative estimate of drug-likeness (QED) is 0.435. The zero-order valence-corrected chi connectivity index (χ0v) is 4.95. The van der Waals surface area contributed by atoms with Crippen LogP contribution in [0.3, 0.4) is 0 Å².